The summed E-state index contributed by atoms with van der Waals surface area (Å²) in [5.74, 6) is -0.205. The van der Waals surface area contributed by atoms with Gasteiger partial charge in [0.25, 0.3) is 0 Å². The number of esters is 1. The molecule has 0 aromatic heterocycles. The van der Waals surface area contributed by atoms with Crippen LogP contribution in [0.25, 0.3) is 0 Å². The van der Waals surface area contributed by atoms with Crippen molar-refractivity contribution in [3.05, 3.63) is 0 Å². The highest BCUT2D eigenvalue weighted by Crippen LogP contribution is 2.29. The summed E-state index contributed by atoms with van der Waals surface area (Å²) in [7, 11) is 0. The molecule has 52 heavy (non-hydrogen) atoms. The Bertz CT molecular complexity index is 1210. The molecule has 13 heteroatoms. The van der Waals surface area contributed by atoms with Crippen molar-refractivity contribution >= 4 is 30.0 Å². The molecule has 13 nitrogen and oxygen atoms in total. The van der Waals surface area contributed by atoms with E-state index in [1.165, 1.54) is 6.42 Å². The largest absolute Gasteiger partial charge is 0.460 e. The van der Waals surface area contributed by atoms with Crippen LogP contribution in [0.3, 0.4) is 0 Å². The molecule has 0 spiro atoms. The Kier molecular flexibility index (Phi) is 16.2. The van der Waals surface area contributed by atoms with Crippen molar-refractivity contribution in [3.8, 4) is 0 Å². The van der Waals surface area contributed by atoms with Crippen molar-refractivity contribution in [2.45, 2.75) is 187 Å². The molecule has 3 aliphatic rings. The number of nitrogens with zero attached hydrogens (tertiary/aromatic N) is 4. The van der Waals surface area contributed by atoms with Gasteiger partial charge >= 0.3 is 18.2 Å². The van der Waals surface area contributed by atoms with Crippen molar-refractivity contribution in [1.29, 1.82) is 0 Å². The van der Waals surface area contributed by atoms with E-state index in [4.69, 9.17) is 18.9 Å². The van der Waals surface area contributed by atoms with Crippen molar-refractivity contribution in [2.24, 2.45) is 4.99 Å². The molecule has 0 aromatic rings. The van der Waals surface area contributed by atoms with Crippen molar-refractivity contribution in [1.82, 2.24) is 20.0 Å². The summed E-state index contributed by atoms with van der Waals surface area (Å²) in [5, 5.41) is 2.64. The zero-order chi connectivity index (χ0) is 38.7. The Morgan fingerprint density at radius 1 is 0.769 bits per heavy atom. The van der Waals surface area contributed by atoms with Gasteiger partial charge in [-0.1, -0.05) is 26.2 Å². The zero-order valence-electron chi connectivity index (χ0n) is 33.9. The topological polar surface area (TPSA) is 139 Å². The second-order valence-electron chi connectivity index (χ2n) is 17.5. The summed E-state index contributed by atoms with van der Waals surface area (Å²) in [4.78, 5) is 63.1. The first-order valence-electron chi connectivity index (χ1n) is 19.7. The van der Waals surface area contributed by atoms with Gasteiger partial charge < -0.3 is 28.7 Å². The van der Waals surface area contributed by atoms with Gasteiger partial charge in [0, 0.05) is 38.3 Å². The molecule has 1 N–H and O–H groups in total. The molecule has 0 radical (unpaired) electrons. The molecule has 2 saturated heterocycles. The lowest BCUT2D eigenvalue weighted by molar-refractivity contribution is -0.160. The van der Waals surface area contributed by atoms with E-state index in [1.54, 1.807) is 41.5 Å². The number of likely N-dealkylation sites (N-methyl/N-ethyl adjacent to an activating group) is 1. The van der Waals surface area contributed by atoms with E-state index in [2.05, 4.69) is 22.1 Å². The molecule has 1 saturated carbocycles. The molecular formula is C39H69N5O8. The van der Waals surface area contributed by atoms with Gasteiger partial charge in [-0.05, 0) is 120 Å². The molecule has 3 amide bonds. The summed E-state index contributed by atoms with van der Waals surface area (Å²) in [6.07, 6.45) is 9.11. The van der Waals surface area contributed by atoms with Crippen LogP contribution >= 0.6 is 0 Å². The summed E-state index contributed by atoms with van der Waals surface area (Å²) >= 11 is 0. The highest BCUT2D eigenvalue weighted by molar-refractivity contribution is 5.99. The number of nitrogens with one attached hydrogen (secondary N) is 1. The molecule has 298 valence electrons. The summed E-state index contributed by atoms with van der Waals surface area (Å²) < 4.78 is 22.9. The number of aliphatic imine (C=N–C) groups is 1. The smallest absolute Gasteiger partial charge is 0.437 e. The third kappa shape index (κ3) is 15.2. The SMILES string of the molecule is CCN(C1CCCCC1)[C@@H](CC(=O)OC(C)(C)C)C(=O)N1CCCC[C@@H]1CCOC1CCN(C(=NC(=O)OC(C)(C)C)NC(=O)OC(C)(C)C)CC1. The standard InChI is InChI=1S/C39H69N5O8/c1-11-43(28-17-13-12-14-18-28)31(27-32(45)50-37(2,3)4)33(46)44-23-16-15-19-29(44)22-26-49-30-20-24-42(25-21-30)34(40-35(47)51-38(5,6)7)41-36(48)52-39(8,9)10/h28-31H,11-27H2,1-10H3,(H,40,41,47,48)/t29-,31+/m1/s1. The Balaban J connectivity index is 1.63. The number of likely N-dealkylation sites (tertiary alicyclic amines) is 2. The quantitative estimate of drug-likeness (QED) is 0.110. The van der Waals surface area contributed by atoms with Gasteiger partial charge in [-0.25, -0.2) is 9.59 Å². The Morgan fingerprint density at radius 2 is 1.37 bits per heavy atom. The van der Waals surface area contributed by atoms with Crippen LogP contribution in [-0.4, -0.2) is 119 Å². The number of carbonyl (C=O) groups excluding carboxylic acids is 4. The van der Waals surface area contributed by atoms with E-state index in [0.29, 0.717) is 58.1 Å². The lowest BCUT2D eigenvalue weighted by Gasteiger charge is -2.43. The fourth-order valence-corrected chi connectivity index (χ4v) is 7.36. The molecule has 3 fully saturated rings. The summed E-state index contributed by atoms with van der Waals surface area (Å²) in [6, 6.07) is -0.209. The molecular weight excluding hydrogens is 666 g/mol. The predicted molar refractivity (Wildman–Crippen MR) is 201 cm³/mol. The maximum absolute atomic E-state index is 14.5. The third-order valence-corrected chi connectivity index (χ3v) is 9.53. The predicted octanol–water partition coefficient (Wildman–Crippen LogP) is 6.81. The van der Waals surface area contributed by atoms with E-state index in [9.17, 15) is 19.2 Å². The summed E-state index contributed by atoms with van der Waals surface area (Å²) in [6.45, 7) is 21.2. The van der Waals surface area contributed by atoms with Crippen molar-refractivity contribution < 1.29 is 38.1 Å². The first kappa shape index (κ1) is 43.5. The van der Waals surface area contributed by atoms with E-state index < -0.39 is 35.0 Å². The number of amides is 3. The zero-order valence-corrected chi connectivity index (χ0v) is 33.9. The van der Waals surface area contributed by atoms with E-state index in [1.807, 2.05) is 30.6 Å². The second kappa shape index (κ2) is 19.4. The van der Waals surface area contributed by atoms with E-state index in [0.717, 1.165) is 44.9 Å². The fourth-order valence-electron chi connectivity index (χ4n) is 7.36. The average Bonchev–Trinajstić information content (AvgIpc) is 3.02. The third-order valence-electron chi connectivity index (χ3n) is 9.53. The Labute approximate surface area is 312 Å². The minimum Gasteiger partial charge on any atom is -0.460 e. The number of hydrogen-bond acceptors (Lipinski definition) is 9. The van der Waals surface area contributed by atoms with Crippen LogP contribution in [0, 0.1) is 0 Å². The number of guanidine groups is 1. The molecule has 0 aromatic carbocycles. The minimum atomic E-state index is -0.794. The highest BCUT2D eigenvalue weighted by atomic mass is 16.6. The fraction of sp³-hybridized carbons (Fsp3) is 0.872. The number of carbonyl (C=O) groups is 4. The van der Waals surface area contributed by atoms with E-state index in [-0.39, 0.29) is 36.4 Å². The number of ether oxygens (including phenoxy) is 4. The van der Waals surface area contributed by atoms with Crippen molar-refractivity contribution in [3.63, 3.8) is 0 Å². The van der Waals surface area contributed by atoms with Crippen molar-refractivity contribution in [2.75, 3.05) is 32.8 Å². The maximum Gasteiger partial charge on any atom is 0.437 e. The summed E-state index contributed by atoms with van der Waals surface area (Å²) in [5.41, 5.74) is -2.07. The molecule has 2 heterocycles. The lowest BCUT2D eigenvalue weighted by atomic mass is 9.91. The highest BCUT2D eigenvalue weighted by Gasteiger charge is 2.39. The number of rotatable bonds is 10. The Hall–Kier alpha value is -2.93. The van der Waals surface area contributed by atoms with Gasteiger partial charge in [-0.3, -0.25) is 19.8 Å². The number of hydrogen-bond donors (Lipinski definition) is 1. The van der Waals surface area contributed by atoms with Crippen LogP contribution in [0.4, 0.5) is 9.59 Å². The minimum absolute atomic E-state index is 0.0184. The van der Waals surface area contributed by atoms with E-state index >= 15 is 0 Å². The van der Waals surface area contributed by atoms with Crippen LogP contribution in [0.1, 0.15) is 146 Å². The van der Waals surface area contributed by atoms with Gasteiger partial charge in [-0.2, -0.15) is 0 Å². The first-order valence-corrected chi connectivity index (χ1v) is 19.7. The normalized spacial score (nSPS) is 20.8. The molecule has 0 bridgehead atoms. The second-order valence-corrected chi connectivity index (χ2v) is 17.5. The molecule has 3 rings (SSSR count). The maximum atomic E-state index is 14.5. The number of piperidine rings is 2. The van der Waals surface area contributed by atoms with Gasteiger partial charge in [0.2, 0.25) is 11.9 Å². The number of alkyl carbamates (subject to hydrolysis) is 1. The molecule has 2 atom stereocenters. The first-order chi connectivity index (χ1) is 24.2. The van der Waals surface area contributed by atoms with Crippen LogP contribution in [0.15, 0.2) is 4.99 Å². The Morgan fingerprint density at radius 3 is 1.94 bits per heavy atom. The van der Waals surface area contributed by atoms with Crippen LogP contribution < -0.4 is 5.32 Å². The van der Waals surface area contributed by atoms with Crippen LogP contribution in [0.5, 0.6) is 0 Å². The van der Waals surface area contributed by atoms with Gasteiger partial charge in [0.05, 0.1) is 12.5 Å². The van der Waals surface area contributed by atoms with Gasteiger partial charge in [-0.15, -0.1) is 4.99 Å². The van der Waals surface area contributed by atoms with Gasteiger partial charge in [0.15, 0.2) is 0 Å². The monoisotopic (exact) mass is 736 g/mol. The molecule has 1 aliphatic carbocycles. The van der Waals surface area contributed by atoms with Crippen LogP contribution in [-0.2, 0) is 28.5 Å². The molecule has 2 aliphatic heterocycles. The van der Waals surface area contributed by atoms with Crippen LogP contribution in [0.2, 0.25) is 0 Å². The molecule has 0 unspecified atom stereocenters. The average molecular weight is 736 g/mol. The lowest BCUT2D eigenvalue weighted by Crippen LogP contribution is -2.57. The van der Waals surface area contributed by atoms with Gasteiger partial charge in [0.1, 0.15) is 22.8 Å².